The molecule has 0 amide bonds. The number of fused-ring (bicyclic) bond motifs is 3. The van der Waals surface area contributed by atoms with Crippen LogP contribution in [0.25, 0.3) is 49.2 Å². The number of furan rings is 1. The van der Waals surface area contributed by atoms with E-state index in [9.17, 15) is 4.39 Å². The zero-order valence-corrected chi connectivity index (χ0v) is 19.6. The van der Waals surface area contributed by atoms with Gasteiger partial charge in [0.1, 0.15) is 18.2 Å². The van der Waals surface area contributed by atoms with Gasteiger partial charge in [-0.25, -0.2) is 9.24 Å². The number of rotatable bonds is 4. The van der Waals surface area contributed by atoms with Gasteiger partial charge in [-0.2, -0.15) is 4.57 Å². The molecule has 5 aromatic rings. The Balaban J connectivity index is 1.82. The highest BCUT2D eigenvalue weighted by Crippen LogP contribution is 2.42. The molecule has 3 aromatic carbocycles. The number of benzene rings is 3. The van der Waals surface area contributed by atoms with Gasteiger partial charge < -0.3 is 4.42 Å². The van der Waals surface area contributed by atoms with Crippen molar-refractivity contribution in [2.45, 2.75) is 27.1 Å². The molecule has 4 heteroatoms. The van der Waals surface area contributed by atoms with Gasteiger partial charge in [0.15, 0.2) is 11.5 Å². The molecule has 2 heterocycles. The Morgan fingerprint density at radius 1 is 1.09 bits per heavy atom. The average Bonchev–Trinajstić information content (AvgIpc) is 3.21. The van der Waals surface area contributed by atoms with Gasteiger partial charge >= 0.3 is 0 Å². The number of aryl methyl sites for hydroxylation is 2. The predicted molar refractivity (Wildman–Crippen MR) is 135 cm³/mol. The fourth-order valence-corrected chi connectivity index (χ4v) is 4.52. The standard InChI is InChI=1S/C30H26FN2O/c1-18(2)13-21-14-27(33(5)17-25(21)31)29-19(3)11-12-22-24-15-23(20-9-7-6-8-10-20)26(32-4)16-28(24)34-30(22)29/h6-12,14-18H,13H2,1-3,5H3/q+1/i13D2. The van der Waals surface area contributed by atoms with E-state index in [1.807, 2.05) is 55.5 Å². The van der Waals surface area contributed by atoms with Crippen molar-refractivity contribution in [1.82, 2.24) is 0 Å². The molecule has 5 rings (SSSR count). The van der Waals surface area contributed by atoms with Crippen molar-refractivity contribution in [3.63, 3.8) is 0 Å². The van der Waals surface area contributed by atoms with E-state index in [-0.39, 0.29) is 5.56 Å². The van der Waals surface area contributed by atoms with Crippen LogP contribution >= 0.6 is 0 Å². The van der Waals surface area contributed by atoms with Crippen LogP contribution in [-0.4, -0.2) is 0 Å². The maximum Gasteiger partial charge on any atom is 0.216 e. The second-order valence-electron chi connectivity index (χ2n) is 8.91. The second kappa shape index (κ2) is 8.43. The highest BCUT2D eigenvalue weighted by Gasteiger charge is 2.24. The molecule has 0 aliphatic rings. The summed E-state index contributed by atoms with van der Waals surface area (Å²) in [6.07, 6.45) is -0.506. The molecule has 3 nitrogen and oxygen atoms in total. The third-order valence-electron chi connectivity index (χ3n) is 6.10. The molecule has 0 bridgehead atoms. The van der Waals surface area contributed by atoms with Crippen LogP contribution in [-0.2, 0) is 13.4 Å². The first-order valence-electron chi connectivity index (χ1n) is 12.3. The highest BCUT2D eigenvalue weighted by atomic mass is 19.1. The minimum atomic E-state index is -1.84. The SMILES string of the molecule is [2H]C([2H])(c1cc(-c2c(C)ccc3c2oc2cc([N+]#[C-])c(-c4ccccc4)cc23)[n+](C)cc1F)C(C)C. The fourth-order valence-electron chi connectivity index (χ4n) is 4.52. The van der Waals surface area contributed by atoms with E-state index in [0.717, 1.165) is 33.0 Å². The summed E-state index contributed by atoms with van der Waals surface area (Å²) in [6.45, 7) is 13.2. The largest absolute Gasteiger partial charge is 0.456 e. The highest BCUT2D eigenvalue weighted by molar-refractivity contribution is 6.12. The van der Waals surface area contributed by atoms with Gasteiger partial charge in [-0.05, 0) is 42.0 Å². The molecule has 0 unspecified atom stereocenters. The Hall–Kier alpha value is -3.97. The summed E-state index contributed by atoms with van der Waals surface area (Å²) < 4.78 is 40.0. The molecule has 2 aromatic heterocycles. The van der Waals surface area contributed by atoms with Crippen molar-refractivity contribution in [2.75, 3.05) is 0 Å². The van der Waals surface area contributed by atoms with Crippen molar-refractivity contribution in [3.05, 3.63) is 95.2 Å². The summed E-state index contributed by atoms with van der Waals surface area (Å²) in [6, 6.07) is 19.2. The first-order valence-corrected chi connectivity index (χ1v) is 11.3. The lowest BCUT2D eigenvalue weighted by atomic mass is 9.96. The quantitative estimate of drug-likeness (QED) is 0.201. The van der Waals surface area contributed by atoms with Crippen LogP contribution in [0.1, 0.15) is 27.7 Å². The molecule has 0 aliphatic carbocycles. The number of pyridine rings is 1. The summed E-state index contributed by atoms with van der Waals surface area (Å²) >= 11 is 0. The van der Waals surface area contributed by atoms with Crippen LogP contribution in [0.2, 0.25) is 0 Å². The van der Waals surface area contributed by atoms with E-state index in [0.29, 0.717) is 22.5 Å². The van der Waals surface area contributed by atoms with Crippen LogP contribution < -0.4 is 4.57 Å². The zero-order chi connectivity index (χ0) is 25.8. The molecule has 34 heavy (non-hydrogen) atoms. The van der Waals surface area contributed by atoms with Gasteiger partial charge in [0.25, 0.3) is 0 Å². The van der Waals surface area contributed by atoms with Gasteiger partial charge in [-0.3, -0.25) is 0 Å². The Morgan fingerprint density at radius 3 is 2.56 bits per heavy atom. The minimum Gasteiger partial charge on any atom is -0.456 e. The molecule has 0 fully saturated rings. The minimum absolute atomic E-state index is 0.0276. The van der Waals surface area contributed by atoms with Gasteiger partial charge in [-0.15, -0.1) is 0 Å². The summed E-state index contributed by atoms with van der Waals surface area (Å²) in [5.74, 6) is -0.984. The van der Waals surface area contributed by atoms with Crippen LogP contribution in [0.3, 0.4) is 0 Å². The summed E-state index contributed by atoms with van der Waals surface area (Å²) in [5, 5.41) is 1.78. The Kier molecular flexibility index (Phi) is 4.83. The van der Waals surface area contributed by atoms with E-state index in [1.165, 1.54) is 6.20 Å². The Bertz CT molecular complexity index is 1680. The zero-order valence-electron chi connectivity index (χ0n) is 21.6. The molecule has 0 saturated heterocycles. The van der Waals surface area contributed by atoms with E-state index in [1.54, 1.807) is 37.6 Å². The molecule has 0 aliphatic heterocycles. The third-order valence-corrected chi connectivity index (χ3v) is 6.10. The Labute approximate surface area is 201 Å². The van der Waals surface area contributed by atoms with E-state index < -0.39 is 18.1 Å². The average molecular weight is 452 g/mol. The molecular formula is C30H26FN2O+. The van der Waals surface area contributed by atoms with Gasteiger partial charge in [0, 0.05) is 25.1 Å². The topological polar surface area (TPSA) is 21.4 Å². The molecule has 0 radical (unpaired) electrons. The number of aromatic nitrogens is 1. The molecule has 168 valence electrons. The summed E-state index contributed by atoms with van der Waals surface area (Å²) in [7, 11) is 1.75. The monoisotopic (exact) mass is 451 g/mol. The first-order chi connectivity index (χ1) is 17.1. The number of hydrogen-bond acceptors (Lipinski definition) is 1. The van der Waals surface area contributed by atoms with Gasteiger partial charge in [0.2, 0.25) is 11.9 Å². The van der Waals surface area contributed by atoms with Crippen molar-refractivity contribution >= 4 is 27.6 Å². The molecule has 0 N–H and O–H groups in total. The fraction of sp³-hybridized carbons (Fsp3) is 0.200. The van der Waals surface area contributed by atoms with Gasteiger partial charge in [0.05, 0.1) is 12.1 Å². The lowest BCUT2D eigenvalue weighted by Gasteiger charge is -2.10. The lowest BCUT2D eigenvalue weighted by Crippen LogP contribution is -2.32. The third kappa shape index (κ3) is 3.64. The molecule has 0 spiro atoms. The maximum absolute atomic E-state index is 15.0. The number of hydrogen-bond donors (Lipinski definition) is 0. The smallest absolute Gasteiger partial charge is 0.216 e. The normalized spacial score (nSPS) is 12.7. The first kappa shape index (κ1) is 19.5. The van der Waals surface area contributed by atoms with E-state index >= 15 is 0 Å². The molecule has 0 saturated carbocycles. The molecular weight excluding hydrogens is 423 g/mol. The number of nitrogens with zero attached hydrogens (tertiary/aromatic N) is 2. The van der Waals surface area contributed by atoms with Crippen molar-refractivity contribution in [2.24, 2.45) is 13.0 Å². The van der Waals surface area contributed by atoms with Crippen LogP contribution in [0.5, 0.6) is 0 Å². The number of halogens is 1. The predicted octanol–water partition coefficient (Wildman–Crippen LogP) is 7.94. The van der Waals surface area contributed by atoms with Gasteiger partial charge in [-0.1, -0.05) is 62.4 Å². The second-order valence-corrected chi connectivity index (χ2v) is 8.91. The maximum atomic E-state index is 15.0. The summed E-state index contributed by atoms with van der Waals surface area (Å²) in [5.41, 5.74) is 5.91. The summed E-state index contributed by atoms with van der Waals surface area (Å²) in [4.78, 5) is 3.75. The van der Waals surface area contributed by atoms with E-state index in [2.05, 4.69) is 4.85 Å². The van der Waals surface area contributed by atoms with Crippen LogP contribution in [0, 0.1) is 25.2 Å². The Morgan fingerprint density at radius 2 is 1.85 bits per heavy atom. The van der Waals surface area contributed by atoms with Crippen LogP contribution in [0.15, 0.2) is 71.3 Å². The van der Waals surface area contributed by atoms with Crippen molar-refractivity contribution in [3.8, 4) is 22.4 Å². The molecule has 0 atom stereocenters. The van der Waals surface area contributed by atoms with Crippen molar-refractivity contribution in [1.29, 1.82) is 0 Å². The van der Waals surface area contributed by atoms with E-state index in [4.69, 9.17) is 13.7 Å². The lowest BCUT2D eigenvalue weighted by molar-refractivity contribution is -0.662. The van der Waals surface area contributed by atoms with Crippen LogP contribution in [0.4, 0.5) is 10.1 Å². The van der Waals surface area contributed by atoms with Crippen molar-refractivity contribution < 1.29 is 16.1 Å².